The number of aromatic nitrogens is 2. The number of benzene rings is 1. The van der Waals surface area contributed by atoms with Gasteiger partial charge in [-0.25, -0.2) is 13.2 Å². The minimum atomic E-state index is -1.66. The molecule has 0 amide bonds. The number of aromatic amines is 1. The molecule has 6 heteroatoms. The van der Waals surface area contributed by atoms with E-state index in [4.69, 9.17) is 0 Å². The number of carbonyl (C=O) groups excluding carboxylic acids is 1. The third-order valence-corrected chi connectivity index (χ3v) is 3.01. The minimum Gasteiger partial charge on any atom is -0.360 e. The van der Waals surface area contributed by atoms with E-state index in [1.807, 2.05) is 0 Å². The Morgan fingerprint density at radius 3 is 2.65 bits per heavy atom. The van der Waals surface area contributed by atoms with Crippen LogP contribution in [0.3, 0.4) is 0 Å². The van der Waals surface area contributed by atoms with Crippen molar-refractivity contribution in [2.75, 3.05) is 0 Å². The molecule has 0 bridgehead atoms. The molecule has 3 aromatic rings. The van der Waals surface area contributed by atoms with E-state index in [9.17, 15) is 18.0 Å². The van der Waals surface area contributed by atoms with E-state index in [0.717, 1.165) is 12.1 Å². The van der Waals surface area contributed by atoms with Crippen molar-refractivity contribution < 1.29 is 18.0 Å². The molecular weight excluding hydrogens is 269 g/mol. The zero-order valence-corrected chi connectivity index (χ0v) is 9.95. The predicted molar refractivity (Wildman–Crippen MR) is 65.8 cm³/mol. The molecule has 2 heterocycles. The number of rotatable bonds is 2. The Morgan fingerprint density at radius 2 is 1.85 bits per heavy atom. The van der Waals surface area contributed by atoms with Gasteiger partial charge in [0.2, 0.25) is 0 Å². The highest BCUT2D eigenvalue weighted by atomic mass is 19.2. The molecule has 0 saturated carbocycles. The highest BCUT2D eigenvalue weighted by Gasteiger charge is 2.22. The van der Waals surface area contributed by atoms with Gasteiger partial charge in [-0.05, 0) is 18.2 Å². The standard InChI is InChI=1S/C14H7F3N2O/c15-10-2-1-7(12(16)13(10)17)14(20)9-6-19-11-3-4-18-5-8(9)11/h1-6,19H. The summed E-state index contributed by atoms with van der Waals surface area (Å²) in [5.41, 5.74) is 0.276. The Balaban J connectivity index is 2.16. The van der Waals surface area contributed by atoms with E-state index in [0.29, 0.717) is 10.9 Å². The Kier molecular flexibility index (Phi) is 2.78. The number of ketones is 1. The minimum absolute atomic E-state index is 0.151. The first-order valence-electron chi connectivity index (χ1n) is 5.69. The van der Waals surface area contributed by atoms with E-state index in [1.165, 1.54) is 18.6 Å². The van der Waals surface area contributed by atoms with Gasteiger partial charge in [0.15, 0.2) is 23.2 Å². The summed E-state index contributed by atoms with van der Waals surface area (Å²) in [4.78, 5) is 18.9. The fourth-order valence-electron chi connectivity index (χ4n) is 2.00. The lowest BCUT2D eigenvalue weighted by molar-refractivity contribution is 0.103. The number of halogens is 3. The second-order valence-electron chi connectivity index (χ2n) is 4.18. The topological polar surface area (TPSA) is 45.8 Å². The first-order valence-corrected chi connectivity index (χ1v) is 5.69. The summed E-state index contributed by atoms with van der Waals surface area (Å²) < 4.78 is 39.7. The zero-order chi connectivity index (χ0) is 14.3. The molecule has 0 spiro atoms. The van der Waals surface area contributed by atoms with E-state index in [1.54, 1.807) is 6.07 Å². The number of pyridine rings is 1. The molecule has 1 N–H and O–H groups in total. The van der Waals surface area contributed by atoms with Crippen molar-refractivity contribution in [1.29, 1.82) is 0 Å². The van der Waals surface area contributed by atoms with Crippen molar-refractivity contribution >= 4 is 16.7 Å². The van der Waals surface area contributed by atoms with Crippen LogP contribution in [0.2, 0.25) is 0 Å². The molecule has 0 saturated heterocycles. The predicted octanol–water partition coefficient (Wildman–Crippen LogP) is 3.21. The van der Waals surface area contributed by atoms with Crippen LogP contribution in [-0.2, 0) is 0 Å². The molecule has 1 aromatic carbocycles. The SMILES string of the molecule is O=C(c1ccc(F)c(F)c1F)c1c[nH]c2ccncc12. The molecule has 0 radical (unpaired) electrons. The van der Waals surface area contributed by atoms with Crippen LogP contribution in [0.4, 0.5) is 13.2 Å². The normalized spacial score (nSPS) is 10.9. The Bertz CT molecular complexity index is 826. The van der Waals surface area contributed by atoms with Crippen LogP contribution in [0.15, 0.2) is 36.8 Å². The number of carbonyl (C=O) groups is 1. The second kappa shape index (κ2) is 4.48. The third kappa shape index (κ3) is 1.77. The van der Waals surface area contributed by atoms with Gasteiger partial charge in [-0.15, -0.1) is 0 Å². The Morgan fingerprint density at radius 1 is 1.05 bits per heavy atom. The van der Waals surface area contributed by atoms with Crippen molar-refractivity contribution in [2.45, 2.75) is 0 Å². The molecule has 0 aliphatic rings. The van der Waals surface area contributed by atoms with Gasteiger partial charge in [0.1, 0.15) is 0 Å². The van der Waals surface area contributed by atoms with Crippen LogP contribution in [0, 0.1) is 17.5 Å². The van der Waals surface area contributed by atoms with Crippen LogP contribution in [0.5, 0.6) is 0 Å². The molecule has 3 nitrogen and oxygen atoms in total. The van der Waals surface area contributed by atoms with E-state index >= 15 is 0 Å². The molecule has 0 atom stereocenters. The summed E-state index contributed by atoms with van der Waals surface area (Å²) in [6.07, 6.45) is 4.36. The lowest BCUT2D eigenvalue weighted by Gasteiger charge is -2.03. The Labute approximate surface area is 111 Å². The third-order valence-electron chi connectivity index (χ3n) is 3.01. The van der Waals surface area contributed by atoms with Gasteiger partial charge in [0.05, 0.1) is 5.56 Å². The summed E-state index contributed by atoms with van der Waals surface area (Å²) >= 11 is 0. The van der Waals surface area contributed by atoms with Crippen molar-refractivity contribution in [3.63, 3.8) is 0 Å². The van der Waals surface area contributed by atoms with Gasteiger partial charge in [0, 0.05) is 35.1 Å². The highest BCUT2D eigenvalue weighted by Crippen LogP contribution is 2.23. The molecular formula is C14H7F3N2O. The molecule has 0 aliphatic carbocycles. The van der Waals surface area contributed by atoms with Crippen molar-refractivity contribution in [2.24, 2.45) is 0 Å². The summed E-state index contributed by atoms with van der Waals surface area (Å²) in [6, 6.07) is 3.29. The van der Waals surface area contributed by atoms with Gasteiger partial charge in [-0.3, -0.25) is 9.78 Å². The maximum absolute atomic E-state index is 13.6. The van der Waals surface area contributed by atoms with Gasteiger partial charge >= 0.3 is 0 Å². The van der Waals surface area contributed by atoms with Crippen LogP contribution in [-0.4, -0.2) is 15.8 Å². The lowest BCUT2D eigenvalue weighted by Crippen LogP contribution is -2.06. The summed E-state index contributed by atoms with van der Waals surface area (Å²) in [6.45, 7) is 0. The maximum Gasteiger partial charge on any atom is 0.198 e. The average molecular weight is 276 g/mol. The highest BCUT2D eigenvalue weighted by molar-refractivity contribution is 6.16. The van der Waals surface area contributed by atoms with Crippen molar-refractivity contribution in [1.82, 2.24) is 9.97 Å². The van der Waals surface area contributed by atoms with Crippen LogP contribution in [0.1, 0.15) is 15.9 Å². The fourth-order valence-corrected chi connectivity index (χ4v) is 2.00. The largest absolute Gasteiger partial charge is 0.360 e. The molecule has 100 valence electrons. The molecule has 20 heavy (non-hydrogen) atoms. The average Bonchev–Trinajstić information content (AvgIpc) is 2.88. The molecule has 2 aromatic heterocycles. The second-order valence-corrected chi connectivity index (χ2v) is 4.18. The number of hydrogen-bond donors (Lipinski definition) is 1. The zero-order valence-electron chi connectivity index (χ0n) is 9.95. The van der Waals surface area contributed by atoms with Crippen molar-refractivity contribution in [3.05, 3.63) is 65.4 Å². The number of hydrogen-bond acceptors (Lipinski definition) is 2. The van der Waals surface area contributed by atoms with Gasteiger partial charge in [-0.1, -0.05) is 0 Å². The van der Waals surface area contributed by atoms with Gasteiger partial charge in [-0.2, -0.15) is 0 Å². The monoisotopic (exact) mass is 276 g/mol. The number of nitrogens with one attached hydrogen (secondary N) is 1. The quantitative estimate of drug-likeness (QED) is 0.577. The van der Waals surface area contributed by atoms with Crippen LogP contribution >= 0.6 is 0 Å². The van der Waals surface area contributed by atoms with Crippen LogP contribution < -0.4 is 0 Å². The molecule has 0 unspecified atom stereocenters. The van der Waals surface area contributed by atoms with E-state index < -0.39 is 28.8 Å². The number of nitrogens with zero attached hydrogens (tertiary/aromatic N) is 1. The first kappa shape index (κ1) is 12.4. The molecule has 0 fully saturated rings. The van der Waals surface area contributed by atoms with Crippen molar-refractivity contribution in [3.8, 4) is 0 Å². The summed E-state index contributed by atoms with van der Waals surface area (Å²) in [7, 11) is 0. The summed E-state index contributed by atoms with van der Waals surface area (Å²) in [5.74, 6) is -5.22. The van der Waals surface area contributed by atoms with E-state index in [2.05, 4.69) is 9.97 Å². The smallest absolute Gasteiger partial charge is 0.198 e. The van der Waals surface area contributed by atoms with Gasteiger partial charge < -0.3 is 4.98 Å². The van der Waals surface area contributed by atoms with Crippen LogP contribution in [0.25, 0.3) is 10.9 Å². The fraction of sp³-hybridized carbons (Fsp3) is 0. The summed E-state index contributed by atoms with van der Waals surface area (Å²) in [5, 5.41) is 0.488. The maximum atomic E-state index is 13.6. The lowest BCUT2D eigenvalue weighted by atomic mass is 10.0. The van der Waals surface area contributed by atoms with Gasteiger partial charge in [0.25, 0.3) is 0 Å². The number of H-pyrrole nitrogens is 1. The number of fused-ring (bicyclic) bond motifs is 1. The van der Waals surface area contributed by atoms with E-state index in [-0.39, 0.29) is 5.56 Å². The Hall–Kier alpha value is -2.63. The molecule has 0 aliphatic heterocycles. The molecule has 3 rings (SSSR count). The first-order chi connectivity index (χ1) is 9.59.